The van der Waals surface area contributed by atoms with Crippen LogP contribution in [0, 0.1) is 13.8 Å². The molecule has 126 valence electrons. The average molecular weight is 358 g/mol. The van der Waals surface area contributed by atoms with Gasteiger partial charge in [-0.3, -0.25) is 14.2 Å². The number of carbonyl (C=O) groups excluding carboxylic acids is 1. The first kappa shape index (κ1) is 17.8. The average Bonchev–Trinajstić information content (AvgIpc) is 3.03. The standard InChI is InChI=1S/C15H21Cl2N5O/c1-10-13(17)11(2)21(20-10)7-5-6-18-14(23)15(3,4)22-9-12(16)8-19-22/h8-9H,5-7H2,1-4H3,(H,18,23). The molecule has 0 radical (unpaired) electrons. The number of nitrogens with zero attached hydrogens (tertiary/aromatic N) is 4. The Hall–Kier alpha value is -1.53. The van der Waals surface area contributed by atoms with Gasteiger partial charge in [-0.2, -0.15) is 10.2 Å². The Kier molecular flexibility index (Phi) is 5.37. The molecular formula is C15H21Cl2N5O. The second kappa shape index (κ2) is 6.93. The maximum atomic E-state index is 12.4. The van der Waals surface area contributed by atoms with Crippen LogP contribution < -0.4 is 5.32 Å². The smallest absolute Gasteiger partial charge is 0.247 e. The molecule has 0 bridgehead atoms. The molecule has 6 nitrogen and oxygen atoms in total. The monoisotopic (exact) mass is 357 g/mol. The number of hydrogen-bond acceptors (Lipinski definition) is 3. The van der Waals surface area contributed by atoms with E-state index in [0.29, 0.717) is 23.1 Å². The van der Waals surface area contributed by atoms with E-state index in [4.69, 9.17) is 23.2 Å². The largest absolute Gasteiger partial charge is 0.354 e. The molecule has 0 saturated heterocycles. The van der Waals surface area contributed by atoms with Crippen LogP contribution in [-0.2, 0) is 16.9 Å². The molecule has 0 aliphatic carbocycles. The van der Waals surface area contributed by atoms with E-state index >= 15 is 0 Å². The maximum Gasteiger partial charge on any atom is 0.247 e. The molecular weight excluding hydrogens is 337 g/mol. The molecule has 0 aromatic carbocycles. The molecule has 0 saturated carbocycles. The van der Waals surface area contributed by atoms with Gasteiger partial charge in [-0.15, -0.1) is 0 Å². The van der Waals surface area contributed by atoms with Crippen molar-refractivity contribution in [2.24, 2.45) is 0 Å². The van der Waals surface area contributed by atoms with Crippen LogP contribution in [0.4, 0.5) is 0 Å². The highest BCUT2D eigenvalue weighted by Gasteiger charge is 2.30. The highest BCUT2D eigenvalue weighted by Crippen LogP contribution is 2.19. The van der Waals surface area contributed by atoms with Gasteiger partial charge in [0, 0.05) is 19.3 Å². The summed E-state index contributed by atoms with van der Waals surface area (Å²) < 4.78 is 3.42. The molecule has 2 aromatic rings. The summed E-state index contributed by atoms with van der Waals surface area (Å²) in [6, 6.07) is 0. The van der Waals surface area contributed by atoms with Crippen molar-refractivity contribution < 1.29 is 4.79 Å². The third-order valence-electron chi connectivity index (χ3n) is 3.80. The fourth-order valence-corrected chi connectivity index (χ4v) is 2.52. The molecule has 0 atom stereocenters. The van der Waals surface area contributed by atoms with Crippen LogP contribution in [0.5, 0.6) is 0 Å². The molecule has 1 N–H and O–H groups in total. The van der Waals surface area contributed by atoms with Crippen molar-refractivity contribution in [3.8, 4) is 0 Å². The van der Waals surface area contributed by atoms with E-state index in [2.05, 4.69) is 15.5 Å². The van der Waals surface area contributed by atoms with Gasteiger partial charge in [-0.1, -0.05) is 23.2 Å². The van der Waals surface area contributed by atoms with E-state index in [9.17, 15) is 4.79 Å². The van der Waals surface area contributed by atoms with Crippen LogP contribution >= 0.6 is 23.2 Å². The third kappa shape index (κ3) is 3.87. The van der Waals surface area contributed by atoms with Gasteiger partial charge < -0.3 is 5.32 Å². The summed E-state index contributed by atoms with van der Waals surface area (Å²) in [5, 5.41) is 12.6. The summed E-state index contributed by atoms with van der Waals surface area (Å²) in [5.41, 5.74) is 0.973. The second-order valence-electron chi connectivity index (χ2n) is 5.98. The first-order valence-corrected chi connectivity index (χ1v) is 8.17. The number of nitrogens with one attached hydrogen (secondary N) is 1. The lowest BCUT2D eigenvalue weighted by Crippen LogP contribution is -2.45. The van der Waals surface area contributed by atoms with E-state index in [0.717, 1.165) is 17.8 Å². The van der Waals surface area contributed by atoms with Crippen LogP contribution in [0.2, 0.25) is 10.0 Å². The minimum absolute atomic E-state index is 0.108. The van der Waals surface area contributed by atoms with Gasteiger partial charge in [0.05, 0.1) is 27.6 Å². The number of carbonyl (C=O) groups is 1. The minimum atomic E-state index is -0.797. The summed E-state index contributed by atoms with van der Waals surface area (Å²) in [6.45, 7) is 8.66. The first-order valence-electron chi connectivity index (χ1n) is 7.42. The van der Waals surface area contributed by atoms with Crippen molar-refractivity contribution in [3.05, 3.63) is 33.8 Å². The molecule has 0 fully saturated rings. The van der Waals surface area contributed by atoms with Crippen molar-refractivity contribution in [3.63, 3.8) is 0 Å². The molecule has 2 rings (SSSR count). The molecule has 23 heavy (non-hydrogen) atoms. The van der Waals surface area contributed by atoms with E-state index in [-0.39, 0.29) is 5.91 Å². The van der Waals surface area contributed by atoms with Gasteiger partial charge in [0.25, 0.3) is 0 Å². The molecule has 1 amide bonds. The second-order valence-corrected chi connectivity index (χ2v) is 6.79. The van der Waals surface area contributed by atoms with E-state index in [1.165, 1.54) is 6.20 Å². The van der Waals surface area contributed by atoms with Gasteiger partial charge in [-0.05, 0) is 34.1 Å². The van der Waals surface area contributed by atoms with E-state index in [1.54, 1.807) is 24.7 Å². The number of halogens is 2. The number of rotatable bonds is 6. The van der Waals surface area contributed by atoms with Gasteiger partial charge in [0.2, 0.25) is 5.91 Å². The van der Waals surface area contributed by atoms with Crippen molar-refractivity contribution in [2.45, 2.75) is 46.2 Å². The molecule has 8 heteroatoms. The zero-order valence-electron chi connectivity index (χ0n) is 13.7. The van der Waals surface area contributed by atoms with Crippen LogP contribution in [0.1, 0.15) is 31.7 Å². The lowest BCUT2D eigenvalue weighted by molar-refractivity contribution is -0.128. The SMILES string of the molecule is Cc1nn(CCCNC(=O)C(C)(C)n2cc(Cl)cn2)c(C)c1Cl. The highest BCUT2D eigenvalue weighted by atomic mass is 35.5. The Bertz CT molecular complexity index is 705. The van der Waals surface area contributed by atoms with Gasteiger partial charge >= 0.3 is 0 Å². The Morgan fingerprint density at radius 1 is 1.35 bits per heavy atom. The van der Waals surface area contributed by atoms with Gasteiger partial charge in [0.1, 0.15) is 5.54 Å². The van der Waals surface area contributed by atoms with Crippen molar-refractivity contribution in [2.75, 3.05) is 6.54 Å². The Morgan fingerprint density at radius 2 is 2.04 bits per heavy atom. The predicted molar refractivity (Wildman–Crippen MR) is 90.9 cm³/mol. The van der Waals surface area contributed by atoms with Crippen LogP contribution in [-0.4, -0.2) is 32.0 Å². The summed E-state index contributed by atoms with van der Waals surface area (Å²) >= 11 is 12.0. The Balaban J connectivity index is 1.86. The first-order chi connectivity index (χ1) is 10.7. The summed E-state index contributed by atoms with van der Waals surface area (Å²) in [7, 11) is 0. The topological polar surface area (TPSA) is 64.7 Å². The predicted octanol–water partition coefficient (Wildman–Crippen LogP) is 2.94. The van der Waals surface area contributed by atoms with Crippen molar-refractivity contribution >= 4 is 29.1 Å². The molecule has 0 unspecified atom stereocenters. The molecule has 0 aliphatic heterocycles. The number of aromatic nitrogens is 4. The van der Waals surface area contributed by atoms with Crippen LogP contribution in [0.3, 0.4) is 0 Å². The fourth-order valence-electron chi connectivity index (χ4n) is 2.25. The fraction of sp³-hybridized carbons (Fsp3) is 0.533. The van der Waals surface area contributed by atoms with E-state index in [1.807, 2.05) is 18.5 Å². The van der Waals surface area contributed by atoms with Crippen LogP contribution in [0.25, 0.3) is 0 Å². The summed E-state index contributed by atoms with van der Waals surface area (Å²) in [6.07, 6.45) is 3.92. The number of aryl methyl sites for hydroxylation is 2. The molecule has 0 spiro atoms. The normalized spacial score (nSPS) is 11.7. The number of amides is 1. The maximum absolute atomic E-state index is 12.4. The summed E-state index contributed by atoms with van der Waals surface area (Å²) in [5.74, 6) is -0.108. The van der Waals surface area contributed by atoms with Crippen LogP contribution in [0.15, 0.2) is 12.4 Å². The lowest BCUT2D eigenvalue weighted by atomic mass is 10.1. The van der Waals surface area contributed by atoms with Gasteiger partial charge in [-0.25, -0.2) is 0 Å². The van der Waals surface area contributed by atoms with Gasteiger partial charge in [0.15, 0.2) is 0 Å². The quantitative estimate of drug-likeness (QED) is 0.808. The third-order valence-corrected chi connectivity index (χ3v) is 4.55. The zero-order valence-corrected chi connectivity index (χ0v) is 15.2. The lowest BCUT2D eigenvalue weighted by Gasteiger charge is -2.24. The Labute approximate surface area is 145 Å². The molecule has 2 heterocycles. The number of hydrogen-bond donors (Lipinski definition) is 1. The Morgan fingerprint density at radius 3 is 2.57 bits per heavy atom. The highest BCUT2D eigenvalue weighted by molar-refractivity contribution is 6.31. The van der Waals surface area contributed by atoms with E-state index < -0.39 is 5.54 Å². The van der Waals surface area contributed by atoms with Crippen molar-refractivity contribution in [1.82, 2.24) is 24.9 Å². The molecule has 2 aromatic heterocycles. The molecule has 0 aliphatic rings. The minimum Gasteiger partial charge on any atom is -0.354 e. The van der Waals surface area contributed by atoms with Crippen molar-refractivity contribution in [1.29, 1.82) is 0 Å². The summed E-state index contributed by atoms with van der Waals surface area (Å²) in [4.78, 5) is 12.4. The zero-order chi connectivity index (χ0) is 17.2.